The molecule has 0 aliphatic carbocycles. The average Bonchev–Trinajstić information content (AvgIpc) is 2.50. The third kappa shape index (κ3) is 4.96. The first-order valence-electron chi connectivity index (χ1n) is 7.00. The number of ether oxygens (including phenoxy) is 2. The van der Waals surface area contributed by atoms with E-state index in [2.05, 4.69) is 0 Å². The van der Waals surface area contributed by atoms with Gasteiger partial charge < -0.3 is 15.2 Å². The SMILES string of the molecule is Cc1ccc(Cl)cc1OCCCOc1cccc(CN)c1. The zero-order valence-electron chi connectivity index (χ0n) is 12.1. The highest BCUT2D eigenvalue weighted by Gasteiger charge is 2.01. The normalized spacial score (nSPS) is 10.4. The first-order valence-corrected chi connectivity index (χ1v) is 7.37. The molecule has 2 rings (SSSR count). The molecule has 112 valence electrons. The molecule has 0 radical (unpaired) electrons. The van der Waals surface area contributed by atoms with E-state index in [0.29, 0.717) is 24.8 Å². The molecule has 2 N–H and O–H groups in total. The Hall–Kier alpha value is -1.71. The lowest BCUT2D eigenvalue weighted by atomic mass is 10.2. The van der Waals surface area contributed by atoms with E-state index in [-0.39, 0.29) is 0 Å². The number of hydrogen-bond donors (Lipinski definition) is 1. The Bertz CT molecular complexity index is 587. The largest absolute Gasteiger partial charge is 0.493 e. The van der Waals surface area contributed by atoms with E-state index in [1.165, 1.54) is 0 Å². The van der Waals surface area contributed by atoms with Gasteiger partial charge in [-0.05, 0) is 42.3 Å². The molecule has 0 aliphatic rings. The minimum atomic E-state index is 0.522. The molecular weight excluding hydrogens is 286 g/mol. The fraction of sp³-hybridized carbons (Fsp3) is 0.294. The molecule has 0 saturated heterocycles. The van der Waals surface area contributed by atoms with E-state index in [0.717, 1.165) is 29.0 Å². The van der Waals surface area contributed by atoms with Gasteiger partial charge in [0.25, 0.3) is 0 Å². The van der Waals surface area contributed by atoms with Crippen molar-refractivity contribution in [3.8, 4) is 11.5 Å². The predicted octanol–water partition coefficient (Wildman–Crippen LogP) is 3.96. The predicted molar refractivity (Wildman–Crippen MR) is 86.1 cm³/mol. The van der Waals surface area contributed by atoms with Crippen molar-refractivity contribution < 1.29 is 9.47 Å². The number of halogens is 1. The van der Waals surface area contributed by atoms with E-state index in [1.54, 1.807) is 0 Å². The molecule has 0 fully saturated rings. The van der Waals surface area contributed by atoms with Crippen LogP contribution in [-0.2, 0) is 6.54 Å². The lowest BCUT2D eigenvalue weighted by molar-refractivity contribution is 0.246. The smallest absolute Gasteiger partial charge is 0.123 e. The van der Waals surface area contributed by atoms with Gasteiger partial charge in [-0.25, -0.2) is 0 Å². The van der Waals surface area contributed by atoms with E-state index >= 15 is 0 Å². The van der Waals surface area contributed by atoms with Crippen LogP contribution in [0.2, 0.25) is 5.02 Å². The van der Waals surface area contributed by atoms with Gasteiger partial charge in [-0.15, -0.1) is 0 Å². The third-order valence-electron chi connectivity index (χ3n) is 3.10. The van der Waals surface area contributed by atoms with Crippen LogP contribution >= 0.6 is 11.6 Å². The molecule has 0 saturated carbocycles. The zero-order chi connectivity index (χ0) is 15.1. The fourth-order valence-corrected chi connectivity index (χ4v) is 2.08. The molecule has 0 amide bonds. The van der Waals surface area contributed by atoms with Crippen LogP contribution in [0.1, 0.15) is 17.5 Å². The van der Waals surface area contributed by atoms with E-state index in [9.17, 15) is 0 Å². The molecule has 4 heteroatoms. The molecule has 0 bridgehead atoms. The summed E-state index contributed by atoms with van der Waals surface area (Å²) in [5, 5.41) is 0.686. The number of nitrogens with two attached hydrogens (primary N) is 1. The van der Waals surface area contributed by atoms with Crippen molar-refractivity contribution >= 4 is 11.6 Å². The summed E-state index contributed by atoms with van der Waals surface area (Å²) in [4.78, 5) is 0. The Morgan fingerprint density at radius 2 is 1.86 bits per heavy atom. The van der Waals surface area contributed by atoms with Crippen LogP contribution in [0.15, 0.2) is 42.5 Å². The standard InChI is InChI=1S/C17H20ClNO2/c1-13-6-7-15(18)11-17(13)21-9-3-8-20-16-5-2-4-14(10-16)12-19/h2,4-7,10-11H,3,8-9,12,19H2,1H3. The van der Waals surface area contributed by atoms with Crippen molar-refractivity contribution in [2.45, 2.75) is 19.9 Å². The summed E-state index contributed by atoms with van der Waals surface area (Å²) in [6.45, 7) is 3.72. The van der Waals surface area contributed by atoms with Crippen molar-refractivity contribution in [1.82, 2.24) is 0 Å². The monoisotopic (exact) mass is 305 g/mol. The Labute approximate surface area is 130 Å². The van der Waals surface area contributed by atoms with Crippen molar-refractivity contribution in [1.29, 1.82) is 0 Å². The van der Waals surface area contributed by atoms with Crippen LogP contribution in [0.5, 0.6) is 11.5 Å². The van der Waals surface area contributed by atoms with Gasteiger partial charge in [0.1, 0.15) is 11.5 Å². The maximum absolute atomic E-state index is 5.95. The molecule has 3 nitrogen and oxygen atoms in total. The Balaban J connectivity index is 1.73. The van der Waals surface area contributed by atoms with Gasteiger partial charge >= 0.3 is 0 Å². The van der Waals surface area contributed by atoms with Crippen LogP contribution in [0.4, 0.5) is 0 Å². The summed E-state index contributed by atoms with van der Waals surface area (Å²) in [5.74, 6) is 1.67. The zero-order valence-corrected chi connectivity index (χ0v) is 12.9. The summed E-state index contributed by atoms with van der Waals surface area (Å²) < 4.78 is 11.4. The Kier molecular flexibility index (Phi) is 5.90. The van der Waals surface area contributed by atoms with Crippen LogP contribution in [0, 0.1) is 6.92 Å². The number of aryl methyl sites for hydroxylation is 1. The lowest BCUT2D eigenvalue weighted by Gasteiger charge is -2.10. The summed E-state index contributed by atoms with van der Waals surface area (Å²) in [6, 6.07) is 13.5. The molecule has 0 unspecified atom stereocenters. The summed E-state index contributed by atoms with van der Waals surface area (Å²) >= 11 is 5.95. The van der Waals surface area contributed by atoms with Crippen molar-refractivity contribution in [2.75, 3.05) is 13.2 Å². The Morgan fingerprint density at radius 1 is 1.05 bits per heavy atom. The number of benzene rings is 2. The summed E-state index contributed by atoms with van der Waals surface area (Å²) in [5.41, 5.74) is 7.75. The average molecular weight is 306 g/mol. The van der Waals surface area contributed by atoms with E-state index in [4.69, 9.17) is 26.8 Å². The maximum Gasteiger partial charge on any atom is 0.123 e. The first kappa shape index (κ1) is 15.7. The van der Waals surface area contributed by atoms with Crippen LogP contribution in [0.25, 0.3) is 0 Å². The molecule has 0 aromatic heterocycles. The van der Waals surface area contributed by atoms with Gasteiger partial charge in [-0.3, -0.25) is 0 Å². The quantitative estimate of drug-likeness (QED) is 0.788. The minimum absolute atomic E-state index is 0.522. The van der Waals surface area contributed by atoms with E-state index in [1.807, 2.05) is 49.4 Å². The molecule has 2 aromatic carbocycles. The molecule has 0 spiro atoms. The summed E-state index contributed by atoms with van der Waals surface area (Å²) in [6.07, 6.45) is 0.804. The molecule has 0 aliphatic heterocycles. The van der Waals surface area contributed by atoms with Gasteiger partial charge in [0.15, 0.2) is 0 Å². The molecule has 0 heterocycles. The molecule has 0 atom stereocenters. The topological polar surface area (TPSA) is 44.5 Å². The molecular formula is C17H20ClNO2. The highest BCUT2D eigenvalue weighted by atomic mass is 35.5. The van der Waals surface area contributed by atoms with Crippen LogP contribution < -0.4 is 15.2 Å². The second-order valence-electron chi connectivity index (χ2n) is 4.81. The Morgan fingerprint density at radius 3 is 2.67 bits per heavy atom. The van der Waals surface area contributed by atoms with Crippen LogP contribution in [-0.4, -0.2) is 13.2 Å². The van der Waals surface area contributed by atoms with Gasteiger partial charge in [-0.2, -0.15) is 0 Å². The second-order valence-corrected chi connectivity index (χ2v) is 5.25. The lowest BCUT2D eigenvalue weighted by Crippen LogP contribution is -2.06. The fourth-order valence-electron chi connectivity index (χ4n) is 1.92. The van der Waals surface area contributed by atoms with Crippen molar-refractivity contribution in [2.24, 2.45) is 5.73 Å². The van der Waals surface area contributed by atoms with Crippen LogP contribution in [0.3, 0.4) is 0 Å². The number of hydrogen-bond acceptors (Lipinski definition) is 3. The minimum Gasteiger partial charge on any atom is -0.493 e. The van der Waals surface area contributed by atoms with E-state index < -0.39 is 0 Å². The molecule has 21 heavy (non-hydrogen) atoms. The highest BCUT2D eigenvalue weighted by Crippen LogP contribution is 2.22. The maximum atomic E-state index is 5.95. The van der Waals surface area contributed by atoms with Gasteiger partial charge in [0.2, 0.25) is 0 Å². The van der Waals surface area contributed by atoms with Gasteiger partial charge in [0, 0.05) is 18.0 Å². The summed E-state index contributed by atoms with van der Waals surface area (Å²) in [7, 11) is 0. The van der Waals surface area contributed by atoms with Gasteiger partial charge in [-0.1, -0.05) is 29.8 Å². The van der Waals surface area contributed by atoms with Crippen molar-refractivity contribution in [3.63, 3.8) is 0 Å². The van der Waals surface area contributed by atoms with Gasteiger partial charge in [0.05, 0.1) is 13.2 Å². The second kappa shape index (κ2) is 7.91. The van der Waals surface area contributed by atoms with Crippen molar-refractivity contribution in [3.05, 3.63) is 58.6 Å². The number of rotatable bonds is 7. The first-order chi connectivity index (χ1) is 10.2. The third-order valence-corrected chi connectivity index (χ3v) is 3.33. The highest BCUT2D eigenvalue weighted by molar-refractivity contribution is 6.30. The molecule has 2 aromatic rings.